The maximum atomic E-state index is 5.70. The molecule has 0 aliphatic heterocycles. The predicted octanol–water partition coefficient (Wildman–Crippen LogP) is 2.67. The van der Waals surface area contributed by atoms with E-state index < -0.39 is 0 Å². The Morgan fingerprint density at radius 1 is 1.20 bits per heavy atom. The Morgan fingerprint density at radius 2 is 1.67 bits per heavy atom. The Hall–Kier alpha value is -0.150. The molecule has 0 fully saturated rings. The van der Waals surface area contributed by atoms with Crippen molar-refractivity contribution in [3.63, 3.8) is 0 Å². The molecule has 0 aromatic heterocycles. The van der Waals surface area contributed by atoms with E-state index in [0.29, 0.717) is 10.4 Å². The molecular weight excluding hydrogens is 204 g/mol. The summed E-state index contributed by atoms with van der Waals surface area (Å²) in [7, 11) is 2.15. The molecule has 0 heterocycles. The molecule has 2 nitrogen and oxygen atoms in total. The lowest BCUT2D eigenvalue weighted by Crippen LogP contribution is -2.36. The fourth-order valence-electron chi connectivity index (χ4n) is 1.48. The molecule has 0 rings (SSSR count). The maximum absolute atomic E-state index is 5.70. The molecule has 0 saturated heterocycles. The van der Waals surface area contributed by atoms with Gasteiger partial charge in [0, 0.05) is 12.0 Å². The topological polar surface area (TPSA) is 29.3 Å². The lowest BCUT2D eigenvalue weighted by atomic mass is 9.88. The van der Waals surface area contributed by atoms with Crippen LogP contribution in [0.3, 0.4) is 0 Å². The van der Waals surface area contributed by atoms with Crippen molar-refractivity contribution in [2.24, 2.45) is 16.6 Å². The molecule has 0 aromatic rings. The third-order valence-corrected chi connectivity index (χ3v) is 3.08. The summed E-state index contributed by atoms with van der Waals surface area (Å²) in [6.07, 6.45) is 1.02. The van der Waals surface area contributed by atoms with E-state index in [0.717, 1.165) is 19.5 Å². The van der Waals surface area contributed by atoms with Gasteiger partial charge in [0.1, 0.15) is 0 Å². The summed E-state index contributed by atoms with van der Waals surface area (Å²) < 4.78 is 0. The number of hydrogen-bond donors (Lipinski definition) is 1. The molecule has 15 heavy (non-hydrogen) atoms. The zero-order chi connectivity index (χ0) is 12.3. The van der Waals surface area contributed by atoms with E-state index in [2.05, 4.69) is 46.6 Å². The largest absolute Gasteiger partial charge is 0.393 e. The van der Waals surface area contributed by atoms with Gasteiger partial charge in [0.25, 0.3) is 0 Å². The lowest BCUT2D eigenvalue weighted by molar-refractivity contribution is 0.211. The zero-order valence-corrected chi connectivity index (χ0v) is 11.9. The van der Waals surface area contributed by atoms with Gasteiger partial charge in [-0.1, -0.05) is 46.8 Å². The van der Waals surface area contributed by atoms with Crippen molar-refractivity contribution in [3.8, 4) is 0 Å². The van der Waals surface area contributed by atoms with Crippen molar-refractivity contribution in [3.05, 3.63) is 0 Å². The van der Waals surface area contributed by atoms with E-state index in [1.165, 1.54) is 0 Å². The summed E-state index contributed by atoms with van der Waals surface area (Å²) in [6.45, 7) is 13.1. The van der Waals surface area contributed by atoms with Crippen LogP contribution in [-0.2, 0) is 0 Å². The number of nitrogens with zero attached hydrogens (tertiary/aromatic N) is 1. The molecule has 0 unspecified atom stereocenters. The Bertz CT molecular complexity index is 216. The van der Waals surface area contributed by atoms with Crippen LogP contribution in [0.25, 0.3) is 0 Å². The molecule has 0 aliphatic carbocycles. The van der Waals surface area contributed by atoms with Crippen molar-refractivity contribution in [2.75, 3.05) is 20.1 Å². The number of thiocarbonyl (C=S) groups is 1. The van der Waals surface area contributed by atoms with Gasteiger partial charge in [-0.05, 0) is 25.4 Å². The molecule has 0 amide bonds. The van der Waals surface area contributed by atoms with Gasteiger partial charge in [-0.3, -0.25) is 0 Å². The van der Waals surface area contributed by atoms with Gasteiger partial charge in [0.05, 0.1) is 4.99 Å². The van der Waals surface area contributed by atoms with Gasteiger partial charge < -0.3 is 10.6 Å². The van der Waals surface area contributed by atoms with Crippen LogP contribution in [-0.4, -0.2) is 30.0 Å². The van der Waals surface area contributed by atoms with E-state index >= 15 is 0 Å². The van der Waals surface area contributed by atoms with Gasteiger partial charge in [-0.25, -0.2) is 0 Å². The molecule has 90 valence electrons. The first-order chi connectivity index (χ1) is 6.54. The highest BCUT2D eigenvalue weighted by Crippen LogP contribution is 2.22. The highest BCUT2D eigenvalue weighted by Gasteiger charge is 2.22. The molecule has 0 spiro atoms. The third-order valence-electron chi connectivity index (χ3n) is 2.53. The minimum atomic E-state index is -0.0263. The van der Waals surface area contributed by atoms with Crippen molar-refractivity contribution < 1.29 is 0 Å². The third kappa shape index (κ3) is 6.85. The highest BCUT2D eigenvalue weighted by molar-refractivity contribution is 7.80. The van der Waals surface area contributed by atoms with E-state index in [-0.39, 0.29) is 5.41 Å². The van der Waals surface area contributed by atoms with Gasteiger partial charge in [-0.2, -0.15) is 0 Å². The molecule has 0 bridgehead atoms. The van der Waals surface area contributed by atoms with Crippen LogP contribution < -0.4 is 5.73 Å². The van der Waals surface area contributed by atoms with Crippen LogP contribution in [0.15, 0.2) is 0 Å². The number of hydrogen-bond acceptors (Lipinski definition) is 2. The molecular formula is C12H26N2S. The minimum absolute atomic E-state index is 0.0263. The van der Waals surface area contributed by atoms with E-state index in [9.17, 15) is 0 Å². The van der Waals surface area contributed by atoms with Crippen molar-refractivity contribution in [1.82, 2.24) is 4.90 Å². The Kier molecular flexibility index (Phi) is 5.21. The lowest BCUT2D eigenvalue weighted by Gasteiger charge is -2.30. The average molecular weight is 230 g/mol. The van der Waals surface area contributed by atoms with Gasteiger partial charge in [0.2, 0.25) is 0 Å². The van der Waals surface area contributed by atoms with E-state index in [4.69, 9.17) is 18.0 Å². The first-order valence-corrected chi connectivity index (χ1v) is 5.94. The van der Waals surface area contributed by atoms with Crippen LogP contribution in [0.5, 0.6) is 0 Å². The Labute approximate surface area is 100 Å². The van der Waals surface area contributed by atoms with Crippen molar-refractivity contribution in [1.29, 1.82) is 0 Å². The van der Waals surface area contributed by atoms with Gasteiger partial charge >= 0.3 is 0 Å². The van der Waals surface area contributed by atoms with Crippen LogP contribution in [0.2, 0.25) is 0 Å². The smallest absolute Gasteiger partial charge is 0.0784 e. The molecule has 0 atom stereocenters. The standard InChI is InChI=1S/C12H26N2S/c1-11(2,3)9-14(6)8-7-12(4,5)10(13)15/h7-9H2,1-6H3,(H2,13,15). The summed E-state index contributed by atoms with van der Waals surface area (Å²) in [4.78, 5) is 2.96. The maximum Gasteiger partial charge on any atom is 0.0784 e. The summed E-state index contributed by atoms with van der Waals surface area (Å²) in [5.41, 5.74) is 6.02. The SMILES string of the molecule is CN(CCC(C)(C)C(N)=S)CC(C)(C)C. The van der Waals surface area contributed by atoms with E-state index in [1.54, 1.807) is 0 Å². The molecule has 0 saturated carbocycles. The monoisotopic (exact) mass is 230 g/mol. The number of rotatable bonds is 5. The fraction of sp³-hybridized carbons (Fsp3) is 0.917. The van der Waals surface area contributed by atoms with Gasteiger partial charge in [-0.15, -0.1) is 0 Å². The van der Waals surface area contributed by atoms with Crippen molar-refractivity contribution in [2.45, 2.75) is 41.0 Å². The first-order valence-electron chi connectivity index (χ1n) is 5.53. The normalized spacial score (nSPS) is 13.3. The predicted molar refractivity (Wildman–Crippen MR) is 72.1 cm³/mol. The molecule has 3 heteroatoms. The van der Waals surface area contributed by atoms with Gasteiger partial charge in [0.15, 0.2) is 0 Å². The highest BCUT2D eigenvalue weighted by atomic mass is 32.1. The molecule has 0 radical (unpaired) electrons. The minimum Gasteiger partial charge on any atom is -0.393 e. The Morgan fingerprint density at radius 3 is 2.00 bits per heavy atom. The van der Waals surface area contributed by atoms with Crippen LogP contribution in [0, 0.1) is 10.8 Å². The van der Waals surface area contributed by atoms with Crippen LogP contribution >= 0.6 is 12.2 Å². The summed E-state index contributed by atoms with van der Waals surface area (Å²) in [5.74, 6) is 0. The summed E-state index contributed by atoms with van der Waals surface area (Å²) >= 11 is 5.05. The second kappa shape index (κ2) is 5.26. The van der Waals surface area contributed by atoms with Crippen LogP contribution in [0.4, 0.5) is 0 Å². The quantitative estimate of drug-likeness (QED) is 0.736. The van der Waals surface area contributed by atoms with Crippen molar-refractivity contribution >= 4 is 17.2 Å². The number of nitrogens with two attached hydrogens (primary N) is 1. The molecule has 2 N–H and O–H groups in total. The molecule has 0 aromatic carbocycles. The second-order valence-electron chi connectivity index (χ2n) is 6.30. The Balaban J connectivity index is 4.01. The van der Waals surface area contributed by atoms with E-state index in [1.807, 2.05) is 0 Å². The molecule has 0 aliphatic rings. The summed E-state index contributed by atoms with van der Waals surface area (Å²) in [5, 5.41) is 0. The first kappa shape index (κ1) is 14.8. The van der Waals surface area contributed by atoms with Crippen LogP contribution in [0.1, 0.15) is 41.0 Å². The zero-order valence-electron chi connectivity index (χ0n) is 11.1. The summed E-state index contributed by atoms with van der Waals surface area (Å²) in [6, 6.07) is 0. The fourth-order valence-corrected chi connectivity index (χ4v) is 1.58. The average Bonchev–Trinajstić information content (AvgIpc) is 1.97. The second-order valence-corrected chi connectivity index (χ2v) is 6.74.